The molecule has 2 aromatic carbocycles. The number of fused-ring (bicyclic) bond motifs is 1. The smallest absolute Gasteiger partial charge is 0.203 e. The average Bonchev–Trinajstić information content (AvgIpc) is 2.63. The van der Waals surface area contributed by atoms with Crippen molar-refractivity contribution in [1.29, 1.82) is 0 Å². The first-order chi connectivity index (χ1) is 12.1. The molecule has 0 amide bonds. The summed E-state index contributed by atoms with van der Waals surface area (Å²) in [6.07, 6.45) is 1.74. The third-order valence-electron chi connectivity index (χ3n) is 3.95. The van der Waals surface area contributed by atoms with Crippen LogP contribution in [0.25, 0.3) is 6.08 Å². The van der Waals surface area contributed by atoms with Crippen LogP contribution in [-0.2, 0) is 0 Å². The van der Waals surface area contributed by atoms with Gasteiger partial charge in [-0.1, -0.05) is 6.07 Å². The predicted molar refractivity (Wildman–Crippen MR) is 92.0 cm³/mol. The molecule has 0 bridgehead atoms. The summed E-state index contributed by atoms with van der Waals surface area (Å²) < 4.78 is 21.3. The van der Waals surface area contributed by atoms with Crippen LogP contribution in [-0.4, -0.2) is 38.8 Å². The number of ether oxygens (including phenoxy) is 4. The third kappa shape index (κ3) is 2.98. The van der Waals surface area contributed by atoms with Crippen molar-refractivity contribution in [2.24, 2.45) is 0 Å². The van der Waals surface area contributed by atoms with E-state index in [4.69, 9.17) is 18.9 Å². The van der Waals surface area contributed by atoms with Crippen molar-refractivity contribution in [2.45, 2.75) is 0 Å². The van der Waals surface area contributed by atoms with Crippen molar-refractivity contribution in [2.75, 3.05) is 27.9 Å². The molecule has 3 rings (SSSR count). The van der Waals surface area contributed by atoms with Gasteiger partial charge in [0.05, 0.1) is 26.9 Å². The van der Waals surface area contributed by atoms with Crippen LogP contribution in [0.3, 0.4) is 0 Å². The standard InChI is InChI=1S/C19H18O6/c1-22-15-7-4-11(9-16(15)23-2)8-12-10-25-18-13(17(12)21)5-6-14(20)19(18)24-3/h4-9,20H,10H2,1-3H3/b12-8-. The number of hydrogen-bond acceptors (Lipinski definition) is 6. The fraction of sp³-hybridized carbons (Fsp3) is 0.211. The quantitative estimate of drug-likeness (QED) is 0.861. The molecule has 0 saturated heterocycles. The maximum absolute atomic E-state index is 12.7. The first kappa shape index (κ1) is 16.7. The molecule has 0 aromatic heterocycles. The van der Waals surface area contributed by atoms with Gasteiger partial charge in [-0.25, -0.2) is 0 Å². The second-order valence-corrected chi connectivity index (χ2v) is 5.40. The molecule has 0 fully saturated rings. The van der Waals surface area contributed by atoms with Crippen molar-refractivity contribution in [3.05, 3.63) is 47.0 Å². The maximum Gasteiger partial charge on any atom is 0.203 e. The number of aromatic hydroxyl groups is 1. The predicted octanol–water partition coefficient (Wildman–Crippen LogP) is 3.08. The van der Waals surface area contributed by atoms with Crippen molar-refractivity contribution >= 4 is 11.9 Å². The lowest BCUT2D eigenvalue weighted by molar-refractivity contribution is 0.0998. The van der Waals surface area contributed by atoms with Gasteiger partial charge in [0.1, 0.15) is 6.61 Å². The van der Waals surface area contributed by atoms with Crippen LogP contribution in [0, 0.1) is 0 Å². The van der Waals surface area contributed by atoms with E-state index in [9.17, 15) is 9.90 Å². The highest BCUT2D eigenvalue weighted by Crippen LogP contribution is 2.42. The molecule has 2 aromatic rings. The van der Waals surface area contributed by atoms with Crippen LogP contribution in [0.5, 0.6) is 28.7 Å². The highest BCUT2D eigenvalue weighted by atomic mass is 16.5. The van der Waals surface area contributed by atoms with Gasteiger partial charge in [-0.3, -0.25) is 4.79 Å². The molecule has 25 heavy (non-hydrogen) atoms. The zero-order chi connectivity index (χ0) is 18.0. The number of methoxy groups -OCH3 is 3. The van der Waals surface area contributed by atoms with E-state index in [-0.39, 0.29) is 29.6 Å². The van der Waals surface area contributed by atoms with Gasteiger partial charge < -0.3 is 24.1 Å². The summed E-state index contributed by atoms with van der Waals surface area (Å²) in [7, 11) is 4.53. The number of phenols is 1. The summed E-state index contributed by atoms with van der Waals surface area (Å²) in [6, 6.07) is 8.32. The van der Waals surface area contributed by atoms with Crippen LogP contribution in [0.15, 0.2) is 35.9 Å². The fourth-order valence-electron chi connectivity index (χ4n) is 2.71. The monoisotopic (exact) mass is 342 g/mol. The minimum absolute atomic E-state index is 0.0682. The Bertz CT molecular complexity index is 853. The first-order valence-electron chi connectivity index (χ1n) is 7.59. The van der Waals surface area contributed by atoms with Crippen molar-refractivity contribution in [3.63, 3.8) is 0 Å². The Labute approximate surface area is 145 Å². The SMILES string of the molecule is COc1ccc(/C=C2/COc3c(ccc(O)c3OC)C2=O)cc1OC. The molecule has 0 radical (unpaired) electrons. The largest absolute Gasteiger partial charge is 0.504 e. The molecular formula is C19H18O6. The number of rotatable bonds is 4. The second kappa shape index (κ2) is 6.76. The minimum Gasteiger partial charge on any atom is -0.504 e. The van der Waals surface area contributed by atoms with E-state index in [1.54, 1.807) is 32.4 Å². The van der Waals surface area contributed by atoms with Gasteiger partial charge in [0.15, 0.2) is 28.8 Å². The Balaban J connectivity index is 1.98. The molecule has 6 heteroatoms. The van der Waals surface area contributed by atoms with Gasteiger partial charge >= 0.3 is 0 Å². The van der Waals surface area contributed by atoms with Crippen LogP contribution >= 0.6 is 0 Å². The molecule has 130 valence electrons. The number of hydrogen-bond donors (Lipinski definition) is 1. The number of carbonyl (C=O) groups excluding carboxylic acids is 1. The van der Waals surface area contributed by atoms with Gasteiger partial charge in [0.25, 0.3) is 0 Å². The molecule has 1 N–H and O–H groups in total. The lowest BCUT2D eigenvalue weighted by atomic mass is 9.97. The average molecular weight is 342 g/mol. The summed E-state index contributed by atoms with van der Waals surface area (Å²) in [4.78, 5) is 12.7. The van der Waals surface area contributed by atoms with E-state index in [0.717, 1.165) is 5.56 Å². The molecule has 1 aliphatic rings. The summed E-state index contributed by atoms with van der Waals surface area (Å²) in [6.45, 7) is 0.0833. The third-order valence-corrected chi connectivity index (χ3v) is 3.95. The molecule has 0 unspecified atom stereocenters. The van der Waals surface area contributed by atoms with Crippen LogP contribution in [0.1, 0.15) is 15.9 Å². The van der Waals surface area contributed by atoms with E-state index in [0.29, 0.717) is 22.6 Å². The molecule has 1 aliphatic heterocycles. The Morgan fingerprint density at radius 1 is 1.04 bits per heavy atom. The molecule has 6 nitrogen and oxygen atoms in total. The zero-order valence-electron chi connectivity index (χ0n) is 14.2. The van der Waals surface area contributed by atoms with Crippen molar-refractivity contribution < 1.29 is 28.8 Å². The summed E-state index contributed by atoms with van der Waals surface area (Å²) in [5, 5.41) is 9.80. The van der Waals surface area contributed by atoms with Crippen molar-refractivity contribution in [3.8, 4) is 28.7 Å². The maximum atomic E-state index is 12.7. The number of Topliss-reactive ketones (excluding diaryl/α,β-unsaturated/α-hetero) is 1. The topological polar surface area (TPSA) is 74.2 Å². The van der Waals surface area contributed by atoms with Crippen LogP contribution in [0.2, 0.25) is 0 Å². The highest BCUT2D eigenvalue weighted by molar-refractivity contribution is 6.14. The second-order valence-electron chi connectivity index (χ2n) is 5.40. The summed E-state index contributed by atoms with van der Waals surface area (Å²) in [5.74, 6) is 1.37. The number of carbonyl (C=O) groups is 1. The molecule has 1 heterocycles. The lowest BCUT2D eigenvalue weighted by Gasteiger charge is -2.21. The minimum atomic E-state index is -0.172. The van der Waals surface area contributed by atoms with Gasteiger partial charge in [0, 0.05) is 5.57 Å². The Kier molecular flexibility index (Phi) is 4.52. The van der Waals surface area contributed by atoms with Gasteiger partial charge in [0.2, 0.25) is 5.75 Å². The van der Waals surface area contributed by atoms with Gasteiger partial charge in [-0.15, -0.1) is 0 Å². The Morgan fingerprint density at radius 3 is 2.48 bits per heavy atom. The number of benzene rings is 2. The first-order valence-corrected chi connectivity index (χ1v) is 7.59. The summed E-state index contributed by atoms with van der Waals surface area (Å²) >= 11 is 0. The molecular weight excluding hydrogens is 324 g/mol. The molecule has 0 aliphatic carbocycles. The Hall–Kier alpha value is -3.15. The van der Waals surface area contributed by atoms with E-state index in [1.165, 1.54) is 19.2 Å². The van der Waals surface area contributed by atoms with E-state index >= 15 is 0 Å². The molecule has 0 atom stereocenters. The van der Waals surface area contributed by atoms with Gasteiger partial charge in [-0.05, 0) is 35.9 Å². The normalized spacial score (nSPS) is 14.7. The lowest BCUT2D eigenvalue weighted by Crippen LogP contribution is -2.19. The zero-order valence-corrected chi connectivity index (χ0v) is 14.2. The highest BCUT2D eigenvalue weighted by Gasteiger charge is 2.28. The fourth-order valence-corrected chi connectivity index (χ4v) is 2.71. The molecule has 0 saturated carbocycles. The van der Waals surface area contributed by atoms with E-state index in [2.05, 4.69) is 0 Å². The van der Waals surface area contributed by atoms with Gasteiger partial charge in [-0.2, -0.15) is 0 Å². The molecule has 0 spiro atoms. The van der Waals surface area contributed by atoms with Crippen molar-refractivity contribution in [1.82, 2.24) is 0 Å². The number of ketones is 1. The van der Waals surface area contributed by atoms with E-state index < -0.39 is 0 Å². The van der Waals surface area contributed by atoms with E-state index in [1.807, 2.05) is 6.07 Å². The van der Waals surface area contributed by atoms with Crippen LogP contribution in [0.4, 0.5) is 0 Å². The number of phenolic OH excluding ortho intramolecular Hbond substituents is 1. The Morgan fingerprint density at radius 2 is 1.80 bits per heavy atom. The van der Waals surface area contributed by atoms with Crippen LogP contribution < -0.4 is 18.9 Å². The summed E-state index contributed by atoms with van der Waals surface area (Å²) in [5.41, 5.74) is 1.64.